The lowest BCUT2D eigenvalue weighted by Crippen LogP contribution is -2.02. The van der Waals surface area contributed by atoms with Crippen molar-refractivity contribution in [3.8, 4) is 0 Å². The van der Waals surface area contributed by atoms with Crippen LogP contribution in [0.2, 0.25) is 0 Å². The van der Waals surface area contributed by atoms with Crippen LogP contribution in [-0.4, -0.2) is 15.0 Å². The van der Waals surface area contributed by atoms with Gasteiger partial charge in [-0.05, 0) is 48.6 Å². The highest BCUT2D eigenvalue weighted by Crippen LogP contribution is 2.22. The average molecular weight is 351 g/mol. The van der Waals surface area contributed by atoms with Gasteiger partial charge in [0.05, 0.1) is 23.8 Å². The summed E-state index contributed by atoms with van der Waals surface area (Å²) in [5.41, 5.74) is 4.06. The van der Waals surface area contributed by atoms with E-state index < -0.39 is 0 Å². The molecule has 134 valence electrons. The maximum absolute atomic E-state index is 14.3. The van der Waals surface area contributed by atoms with Crippen LogP contribution in [0.4, 0.5) is 27.4 Å². The van der Waals surface area contributed by atoms with Gasteiger partial charge >= 0.3 is 0 Å². The molecule has 3 rings (SSSR count). The van der Waals surface area contributed by atoms with Gasteiger partial charge in [0.2, 0.25) is 5.95 Å². The molecule has 1 aromatic carbocycles. The number of halogens is 1. The highest BCUT2D eigenvalue weighted by atomic mass is 19.1. The highest BCUT2D eigenvalue weighted by molar-refractivity contribution is 5.62. The molecule has 0 bridgehead atoms. The van der Waals surface area contributed by atoms with Gasteiger partial charge in [-0.1, -0.05) is 19.9 Å². The fourth-order valence-electron chi connectivity index (χ4n) is 2.61. The number of rotatable bonds is 6. The van der Waals surface area contributed by atoms with Crippen molar-refractivity contribution >= 4 is 23.0 Å². The number of hydrogen-bond donors (Lipinski definition) is 2. The minimum atomic E-state index is -0.304. The third kappa shape index (κ3) is 4.53. The van der Waals surface area contributed by atoms with Crippen molar-refractivity contribution in [1.29, 1.82) is 0 Å². The molecule has 0 aliphatic heterocycles. The molecule has 2 aromatic heterocycles. The Morgan fingerprint density at radius 3 is 2.42 bits per heavy atom. The molecule has 5 nitrogen and oxygen atoms in total. The molecule has 0 atom stereocenters. The van der Waals surface area contributed by atoms with Gasteiger partial charge in [-0.25, -0.2) is 14.4 Å². The fraction of sp³-hybridized carbons (Fsp3) is 0.250. The Morgan fingerprint density at radius 2 is 1.77 bits per heavy atom. The molecule has 0 spiro atoms. The summed E-state index contributed by atoms with van der Waals surface area (Å²) >= 11 is 0. The van der Waals surface area contributed by atoms with Crippen molar-refractivity contribution in [2.75, 3.05) is 10.6 Å². The lowest BCUT2D eigenvalue weighted by molar-refractivity contribution is 0.615. The summed E-state index contributed by atoms with van der Waals surface area (Å²) in [5.74, 6) is 0.527. The van der Waals surface area contributed by atoms with Crippen molar-refractivity contribution in [3.05, 3.63) is 66.0 Å². The number of nitrogens with one attached hydrogen (secondary N) is 2. The predicted molar refractivity (Wildman–Crippen MR) is 103 cm³/mol. The van der Waals surface area contributed by atoms with Gasteiger partial charge in [-0.2, -0.15) is 0 Å². The van der Waals surface area contributed by atoms with Crippen LogP contribution in [0.3, 0.4) is 0 Å². The van der Waals surface area contributed by atoms with E-state index in [1.165, 1.54) is 0 Å². The van der Waals surface area contributed by atoms with E-state index in [0.717, 1.165) is 28.9 Å². The molecule has 0 aliphatic rings. The van der Waals surface area contributed by atoms with Crippen molar-refractivity contribution < 1.29 is 4.39 Å². The van der Waals surface area contributed by atoms with E-state index in [1.807, 2.05) is 19.1 Å². The summed E-state index contributed by atoms with van der Waals surface area (Å²) in [6, 6.07) is 7.09. The van der Waals surface area contributed by atoms with Gasteiger partial charge in [-0.3, -0.25) is 4.98 Å². The quantitative estimate of drug-likeness (QED) is 0.654. The molecular formula is C20H22FN5. The number of aromatic nitrogens is 3. The summed E-state index contributed by atoms with van der Waals surface area (Å²) in [6.07, 6.45) is 7.66. The van der Waals surface area contributed by atoms with Crippen LogP contribution in [-0.2, 0) is 6.42 Å². The van der Waals surface area contributed by atoms with E-state index in [1.54, 1.807) is 36.9 Å². The third-order valence-corrected chi connectivity index (χ3v) is 3.88. The number of nitrogens with zero attached hydrogens (tertiary/aromatic N) is 3. The molecule has 0 amide bonds. The predicted octanol–water partition coefficient (Wildman–Crippen LogP) is 5.00. The number of benzene rings is 1. The first kappa shape index (κ1) is 17.8. The molecule has 3 aromatic rings. The Bertz CT molecular complexity index is 878. The normalized spacial score (nSPS) is 10.8. The van der Waals surface area contributed by atoms with E-state index in [4.69, 9.17) is 0 Å². The third-order valence-electron chi connectivity index (χ3n) is 3.88. The van der Waals surface area contributed by atoms with Crippen LogP contribution in [0.25, 0.3) is 0 Å². The molecule has 6 heteroatoms. The standard InChI is InChI=1S/C20H22FN5/c1-13(2)8-15-4-5-19(17(21)9-15)26-20-23-11-16(12-24-20)25-18-6-7-22-10-14(18)3/h4-7,9-13H,8H2,1-3H3,(H,22,25)(H,23,24,26). The number of hydrogen-bond acceptors (Lipinski definition) is 5. The van der Waals surface area contributed by atoms with Crippen LogP contribution in [0, 0.1) is 18.7 Å². The lowest BCUT2D eigenvalue weighted by atomic mass is 10.0. The molecule has 0 saturated heterocycles. The van der Waals surface area contributed by atoms with Crippen LogP contribution in [0.5, 0.6) is 0 Å². The minimum absolute atomic E-state index is 0.304. The second-order valence-electron chi connectivity index (χ2n) is 6.65. The molecule has 0 radical (unpaired) electrons. The first-order chi connectivity index (χ1) is 12.5. The number of aryl methyl sites for hydroxylation is 1. The SMILES string of the molecule is Cc1cnccc1Nc1cnc(Nc2ccc(CC(C)C)cc2F)nc1. The second kappa shape index (κ2) is 7.91. The molecule has 0 saturated carbocycles. The Kier molecular flexibility index (Phi) is 5.41. The summed E-state index contributed by atoms with van der Waals surface area (Å²) < 4.78 is 14.3. The largest absolute Gasteiger partial charge is 0.353 e. The van der Waals surface area contributed by atoms with E-state index in [2.05, 4.69) is 39.4 Å². The van der Waals surface area contributed by atoms with Gasteiger partial charge in [0, 0.05) is 18.1 Å². The summed E-state index contributed by atoms with van der Waals surface area (Å²) in [6.45, 7) is 6.19. The molecule has 0 unspecified atom stereocenters. The van der Waals surface area contributed by atoms with Gasteiger partial charge < -0.3 is 10.6 Å². The molecule has 2 N–H and O–H groups in total. The number of pyridine rings is 1. The maximum atomic E-state index is 14.3. The van der Waals surface area contributed by atoms with Crippen molar-refractivity contribution in [1.82, 2.24) is 15.0 Å². The van der Waals surface area contributed by atoms with E-state index in [0.29, 0.717) is 17.6 Å². The Morgan fingerprint density at radius 1 is 1.00 bits per heavy atom. The summed E-state index contributed by atoms with van der Waals surface area (Å²) in [7, 11) is 0. The van der Waals surface area contributed by atoms with Crippen LogP contribution in [0.1, 0.15) is 25.0 Å². The molecule has 26 heavy (non-hydrogen) atoms. The molecular weight excluding hydrogens is 329 g/mol. The van der Waals surface area contributed by atoms with Crippen molar-refractivity contribution in [2.24, 2.45) is 5.92 Å². The first-order valence-corrected chi connectivity index (χ1v) is 8.56. The lowest BCUT2D eigenvalue weighted by Gasteiger charge is -2.11. The number of anilines is 4. The summed E-state index contributed by atoms with van der Waals surface area (Å²) in [4.78, 5) is 12.6. The van der Waals surface area contributed by atoms with Crippen LogP contribution < -0.4 is 10.6 Å². The van der Waals surface area contributed by atoms with E-state index in [-0.39, 0.29) is 5.82 Å². The van der Waals surface area contributed by atoms with Crippen LogP contribution >= 0.6 is 0 Å². The Hall–Kier alpha value is -3.02. The van der Waals surface area contributed by atoms with Crippen LogP contribution in [0.15, 0.2) is 49.1 Å². The van der Waals surface area contributed by atoms with Crippen molar-refractivity contribution in [3.63, 3.8) is 0 Å². The second-order valence-corrected chi connectivity index (χ2v) is 6.65. The zero-order valence-corrected chi connectivity index (χ0v) is 15.1. The first-order valence-electron chi connectivity index (χ1n) is 8.56. The zero-order valence-electron chi connectivity index (χ0n) is 15.1. The average Bonchev–Trinajstić information content (AvgIpc) is 2.60. The van der Waals surface area contributed by atoms with Gasteiger partial charge in [0.15, 0.2) is 0 Å². The molecule has 0 aliphatic carbocycles. The highest BCUT2D eigenvalue weighted by Gasteiger charge is 2.07. The smallest absolute Gasteiger partial charge is 0.227 e. The van der Waals surface area contributed by atoms with E-state index in [9.17, 15) is 4.39 Å². The van der Waals surface area contributed by atoms with Crippen molar-refractivity contribution in [2.45, 2.75) is 27.2 Å². The fourth-order valence-corrected chi connectivity index (χ4v) is 2.61. The topological polar surface area (TPSA) is 62.7 Å². The van der Waals surface area contributed by atoms with Gasteiger partial charge in [0.25, 0.3) is 0 Å². The van der Waals surface area contributed by atoms with E-state index >= 15 is 0 Å². The monoisotopic (exact) mass is 351 g/mol. The molecule has 0 fully saturated rings. The zero-order chi connectivity index (χ0) is 18.5. The summed E-state index contributed by atoms with van der Waals surface area (Å²) in [5, 5.41) is 6.15. The Labute approximate surface area is 152 Å². The Balaban J connectivity index is 1.68. The van der Waals surface area contributed by atoms with Gasteiger partial charge in [-0.15, -0.1) is 0 Å². The maximum Gasteiger partial charge on any atom is 0.227 e. The molecule has 2 heterocycles. The minimum Gasteiger partial charge on any atom is -0.353 e. The van der Waals surface area contributed by atoms with Gasteiger partial charge in [0.1, 0.15) is 5.82 Å².